The molecule has 2 aromatic heterocycles. The third kappa shape index (κ3) is 4.09. The molecule has 1 aromatic carbocycles. The Morgan fingerprint density at radius 3 is 2.63 bits per heavy atom. The van der Waals surface area contributed by atoms with Gasteiger partial charge in [0, 0.05) is 25.2 Å². The van der Waals surface area contributed by atoms with Crippen LogP contribution >= 0.6 is 0 Å². The molecule has 3 aromatic rings. The molecule has 30 heavy (non-hydrogen) atoms. The van der Waals surface area contributed by atoms with Crippen LogP contribution in [0, 0.1) is 0 Å². The van der Waals surface area contributed by atoms with E-state index in [1.54, 1.807) is 23.1 Å². The van der Waals surface area contributed by atoms with Gasteiger partial charge < -0.3 is 25.5 Å². The quantitative estimate of drug-likeness (QED) is 0.520. The Labute approximate surface area is 168 Å². The molecule has 11 heteroatoms. The number of rotatable bonds is 4. The highest BCUT2D eigenvalue weighted by atomic mass is 19.4. The minimum absolute atomic E-state index is 0.00242. The van der Waals surface area contributed by atoms with Crippen LogP contribution in [0.1, 0.15) is 24.1 Å². The molecule has 0 radical (unpaired) electrons. The number of aromatic nitrogens is 3. The first kappa shape index (κ1) is 19.8. The summed E-state index contributed by atoms with van der Waals surface area (Å²) in [5.74, 6) is 0.236. The van der Waals surface area contributed by atoms with Crippen LogP contribution in [0.15, 0.2) is 35.1 Å². The number of alkyl halides is 3. The average Bonchev–Trinajstić information content (AvgIpc) is 3.35. The molecule has 2 amide bonds. The third-order valence-corrected chi connectivity index (χ3v) is 4.89. The van der Waals surface area contributed by atoms with E-state index in [1.165, 1.54) is 6.07 Å². The van der Waals surface area contributed by atoms with Crippen molar-refractivity contribution < 1.29 is 18.0 Å². The molecule has 0 spiro atoms. The van der Waals surface area contributed by atoms with Gasteiger partial charge in [0.05, 0.1) is 16.7 Å². The lowest BCUT2D eigenvalue weighted by atomic mass is 10.2. The second-order valence-electron chi connectivity index (χ2n) is 6.99. The topological polar surface area (TPSA) is 106 Å². The summed E-state index contributed by atoms with van der Waals surface area (Å²) in [4.78, 5) is 34.6. The van der Waals surface area contributed by atoms with Crippen LogP contribution in [0.4, 0.5) is 29.5 Å². The van der Waals surface area contributed by atoms with Gasteiger partial charge in [-0.2, -0.15) is 13.2 Å². The lowest BCUT2D eigenvalue weighted by Gasteiger charge is -2.21. The number of nitrogens with one attached hydrogen (secondary N) is 4. The summed E-state index contributed by atoms with van der Waals surface area (Å²) in [6, 6.07) is 6.69. The van der Waals surface area contributed by atoms with Gasteiger partial charge in [0.25, 0.3) is 0 Å². The highest BCUT2D eigenvalue weighted by Gasteiger charge is 2.34. The number of carbonyl (C=O) groups is 1. The van der Waals surface area contributed by atoms with Crippen LogP contribution in [0.3, 0.4) is 0 Å². The van der Waals surface area contributed by atoms with Crippen LogP contribution in [0.2, 0.25) is 0 Å². The molecule has 158 valence electrons. The van der Waals surface area contributed by atoms with E-state index >= 15 is 0 Å². The molecule has 0 bridgehead atoms. The van der Waals surface area contributed by atoms with E-state index in [2.05, 4.69) is 25.6 Å². The summed E-state index contributed by atoms with van der Waals surface area (Å²) in [7, 11) is 0. The Bertz CT molecular complexity index is 1130. The number of halogens is 3. The standard InChI is InChI=1S/C19H19F3N6O2/c20-19(21,22)14-7-6-11(16(26-14)28-8-1-2-9-28)10-23-17(29)24-12-4-3-5-13-15(12)27-18(30)25-13/h3-7H,1-2,8-10H2,(H2,23,24,29)(H2,25,27,30). The first-order valence-electron chi connectivity index (χ1n) is 9.39. The van der Waals surface area contributed by atoms with Crippen molar-refractivity contribution in [3.05, 3.63) is 52.1 Å². The zero-order valence-corrected chi connectivity index (χ0v) is 15.8. The van der Waals surface area contributed by atoms with E-state index in [0.717, 1.165) is 18.9 Å². The highest BCUT2D eigenvalue weighted by molar-refractivity contribution is 5.98. The molecule has 1 aliphatic heterocycles. The number of benzene rings is 1. The largest absolute Gasteiger partial charge is 0.433 e. The summed E-state index contributed by atoms with van der Waals surface area (Å²) in [6.07, 6.45) is -2.78. The molecular formula is C19H19F3N6O2. The van der Waals surface area contributed by atoms with Crippen LogP contribution < -0.4 is 21.2 Å². The number of aromatic amines is 2. The molecule has 4 N–H and O–H groups in total. The lowest BCUT2D eigenvalue weighted by Crippen LogP contribution is -2.30. The number of imidazole rings is 1. The predicted octanol–water partition coefficient (Wildman–Crippen LogP) is 3.19. The van der Waals surface area contributed by atoms with Crippen molar-refractivity contribution in [2.75, 3.05) is 23.3 Å². The van der Waals surface area contributed by atoms with Gasteiger partial charge in [-0.15, -0.1) is 0 Å². The van der Waals surface area contributed by atoms with Gasteiger partial charge in [0.1, 0.15) is 11.5 Å². The van der Waals surface area contributed by atoms with E-state index < -0.39 is 23.6 Å². The van der Waals surface area contributed by atoms with Gasteiger partial charge in [-0.25, -0.2) is 14.6 Å². The van der Waals surface area contributed by atoms with E-state index in [-0.39, 0.29) is 12.4 Å². The molecule has 0 aliphatic carbocycles. The van der Waals surface area contributed by atoms with E-state index in [0.29, 0.717) is 35.4 Å². The minimum atomic E-state index is -4.54. The highest BCUT2D eigenvalue weighted by Crippen LogP contribution is 2.31. The SMILES string of the molecule is O=C(NCc1ccc(C(F)(F)F)nc1N1CCCC1)Nc1cccc2[nH]c(=O)[nH]c12. The number of pyridine rings is 1. The third-order valence-electron chi connectivity index (χ3n) is 4.89. The van der Waals surface area contributed by atoms with Gasteiger partial charge in [-0.3, -0.25) is 0 Å². The Morgan fingerprint density at radius 1 is 1.13 bits per heavy atom. The lowest BCUT2D eigenvalue weighted by molar-refractivity contribution is -0.141. The van der Waals surface area contributed by atoms with Gasteiger partial charge in [-0.1, -0.05) is 12.1 Å². The summed E-state index contributed by atoms with van der Waals surface area (Å²) in [6.45, 7) is 1.25. The van der Waals surface area contributed by atoms with Crippen LogP contribution in [-0.2, 0) is 12.7 Å². The number of para-hydroxylation sites is 1. The van der Waals surface area contributed by atoms with E-state index in [9.17, 15) is 22.8 Å². The molecule has 1 fully saturated rings. The number of amides is 2. The number of nitrogens with zero attached hydrogens (tertiary/aromatic N) is 2. The van der Waals surface area contributed by atoms with Crippen LogP contribution in [-0.4, -0.2) is 34.1 Å². The fraction of sp³-hybridized carbons (Fsp3) is 0.316. The Kier molecular flexibility index (Phi) is 5.10. The van der Waals surface area contributed by atoms with Crippen molar-refractivity contribution in [1.29, 1.82) is 0 Å². The molecule has 0 atom stereocenters. The molecule has 1 aliphatic rings. The van der Waals surface area contributed by atoms with Gasteiger partial charge >= 0.3 is 17.9 Å². The maximum absolute atomic E-state index is 13.1. The van der Waals surface area contributed by atoms with E-state index in [1.807, 2.05) is 0 Å². The Balaban J connectivity index is 1.51. The number of hydrogen-bond donors (Lipinski definition) is 4. The van der Waals surface area contributed by atoms with Crippen molar-refractivity contribution >= 4 is 28.6 Å². The number of carbonyl (C=O) groups excluding carboxylic acids is 1. The normalized spacial score (nSPS) is 14.3. The number of urea groups is 1. The zero-order valence-electron chi connectivity index (χ0n) is 15.8. The molecule has 0 unspecified atom stereocenters. The first-order chi connectivity index (χ1) is 14.3. The van der Waals surface area contributed by atoms with Crippen LogP contribution in [0.25, 0.3) is 11.0 Å². The molecule has 1 saturated heterocycles. The zero-order chi connectivity index (χ0) is 21.3. The second kappa shape index (κ2) is 7.73. The Morgan fingerprint density at radius 2 is 1.90 bits per heavy atom. The maximum Gasteiger partial charge on any atom is 0.433 e. The number of hydrogen-bond acceptors (Lipinski definition) is 4. The molecule has 3 heterocycles. The Hall–Kier alpha value is -3.50. The van der Waals surface area contributed by atoms with Gasteiger partial charge in [0.15, 0.2) is 0 Å². The van der Waals surface area contributed by atoms with Gasteiger partial charge in [0.2, 0.25) is 0 Å². The fourth-order valence-corrected chi connectivity index (χ4v) is 3.48. The number of fused-ring (bicyclic) bond motifs is 1. The predicted molar refractivity (Wildman–Crippen MR) is 105 cm³/mol. The van der Waals surface area contributed by atoms with E-state index in [4.69, 9.17) is 0 Å². The number of H-pyrrole nitrogens is 2. The van der Waals surface area contributed by atoms with Crippen molar-refractivity contribution in [3.8, 4) is 0 Å². The molecule has 4 rings (SSSR count). The number of anilines is 2. The summed E-state index contributed by atoms with van der Waals surface area (Å²) in [5.41, 5.74) is 0.529. The summed E-state index contributed by atoms with van der Waals surface area (Å²) >= 11 is 0. The monoisotopic (exact) mass is 420 g/mol. The fourth-order valence-electron chi connectivity index (χ4n) is 3.48. The first-order valence-corrected chi connectivity index (χ1v) is 9.39. The molecular weight excluding hydrogens is 401 g/mol. The average molecular weight is 420 g/mol. The summed E-state index contributed by atoms with van der Waals surface area (Å²) in [5, 5.41) is 5.28. The smallest absolute Gasteiger partial charge is 0.356 e. The summed E-state index contributed by atoms with van der Waals surface area (Å²) < 4.78 is 39.3. The second-order valence-corrected chi connectivity index (χ2v) is 6.99. The minimum Gasteiger partial charge on any atom is -0.356 e. The van der Waals surface area contributed by atoms with Crippen molar-refractivity contribution in [3.63, 3.8) is 0 Å². The van der Waals surface area contributed by atoms with Gasteiger partial charge in [-0.05, 0) is 31.0 Å². The van der Waals surface area contributed by atoms with Crippen molar-refractivity contribution in [2.45, 2.75) is 25.6 Å². The molecule has 0 saturated carbocycles. The van der Waals surface area contributed by atoms with Crippen LogP contribution in [0.5, 0.6) is 0 Å². The maximum atomic E-state index is 13.1. The van der Waals surface area contributed by atoms with Crippen molar-refractivity contribution in [1.82, 2.24) is 20.3 Å². The van der Waals surface area contributed by atoms with Crippen molar-refractivity contribution in [2.24, 2.45) is 0 Å². The molecule has 8 nitrogen and oxygen atoms in total.